The molecule has 0 bridgehead atoms. The quantitative estimate of drug-likeness (QED) is 0.896. The van der Waals surface area contributed by atoms with Crippen LogP contribution in [0.3, 0.4) is 0 Å². The summed E-state index contributed by atoms with van der Waals surface area (Å²) in [4.78, 5) is 0. The first-order valence-electron chi connectivity index (χ1n) is 6.70. The van der Waals surface area contributed by atoms with Crippen LogP contribution in [0.5, 0.6) is 11.5 Å². The number of rotatable bonds is 4. The fourth-order valence-electron chi connectivity index (χ4n) is 2.28. The van der Waals surface area contributed by atoms with E-state index in [9.17, 15) is 4.39 Å². The van der Waals surface area contributed by atoms with E-state index in [4.69, 9.17) is 9.47 Å². The fourth-order valence-corrected chi connectivity index (χ4v) is 2.66. The van der Waals surface area contributed by atoms with E-state index in [1.54, 1.807) is 12.1 Å². The summed E-state index contributed by atoms with van der Waals surface area (Å²) >= 11 is 3.37. The van der Waals surface area contributed by atoms with Gasteiger partial charge in [-0.3, -0.25) is 0 Å². The standard InChI is InChI=1S/C16H15BrFNO2/c1-10(13-7-12(17)3-4-14(13)18)19-8-11-2-5-15-16(6-11)21-9-20-15/h2-7,10,19H,8-9H2,1H3. The first kappa shape index (κ1) is 14.4. The lowest BCUT2D eigenvalue weighted by Gasteiger charge is -2.15. The van der Waals surface area contributed by atoms with Gasteiger partial charge >= 0.3 is 0 Å². The number of hydrogen-bond acceptors (Lipinski definition) is 3. The minimum atomic E-state index is -0.205. The molecule has 0 amide bonds. The summed E-state index contributed by atoms with van der Waals surface area (Å²) in [6.45, 7) is 2.84. The molecule has 1 aliphatic rings. The summed E-state index contributed by atoms with van der Waals surface area (Å²) in [6, 6.07) is 10.7. The highest BCUT2D eigenvalue weighted by Crippen LogP contribution is 2.32. The van der Waals surface area contributed by atoms with Gasteiger partial charge in [-0.05, 0) is 42.8 Å². The normalized spacial score (nSPS) is 14.2. The summed E-state index contributed by atoms with van der Waals surface area (Å²) in [7, 11) is 0. The number of nitrogens with one attached hydrogen (secondary N) is 1. The van der Waals surface area contributed by atoms with Gasteiger partial charge in [0.25, 0.3) is 0 Å². The van der Waals surface area contributed by atoms with E-state index in [0.717, 1.165) is 21.5 Å². The van der Waals surface area contributed by atoms with Crippen LogP contribution < -0.4 is 14.8 Å². The fraction of sp³-hybridized carbons (Fsp3) is 0.250. The molecule has 0 aliphatic carbocycles. The van der Waals surface area contributed by atoms with Crippen molar-refractivity contribution < 1.29 is 13.9 Å². The lowest BCUT2D eigenvalue weighted by atomic mass is 10.1. The Balaban J connectivity index is 1.68. The van der Waals surface area contributed by atoms with Crippen LogP contribution in [0.1, 0.15) is 24.1 Å². The van der Waals surface area contributed by atoms with Crippen molar-refractivity contribution >= 4 is 15.9 Å². The highest BCUT2D eigenvalue weighted by atomic mass is 79.9. The first-order valence-corrected chi connectivity index (χ1v) is 7.49. The molecular formula is C16H15BrFNO2. The third-order valence-corrected chi connectivity index (χ3v) is 3.97. The molecule has 21 heavy (non-hydrogen) atoms. The van der Waals surface area contributed by atoms with Crippen molar-refractivity contribution in [3.8, 4) is 11.5 Å². The molecule has 1 heterocycles. The van der Waals surface area contributed by atoms with Gasteiger partial charge in [0.2, 0.25) is 6.79 Å². The maximum Gasteiger partial charge on any atom is 0.231 e. The zero-order valence-electron chi connectivity index (χ0n) is 11.5. The highest BCUT2D eigenvalue weighted by molar-refractivity contribution is 9.10. The monoisotopic (exact) mass is 351 g/mol. The van der Waals surface area contributed by atoms with Gasteiger partial charge in [0.05, 0.1) is 0 Å². The summed E-state index contributed by atoms with van der Waals surface area (Å²) in [5.74, 6) is 1.32. The second kappa shape index (κ2) is 6.03. The molecule has 110 valence electrons. The van der Waals surface area contributed by atoms with Gasteiger partial charge in [-0.2, -0.15) is 0 Å². The largest absolute Gasteiger partial charge is 0.454 e. The van der Waals surface area contributed by atoms with E-state index in [-0.39, 0.29) is 18.7 Å². The Morgan fingerprint density at radius 2 is 2.00 bits per heavy atom. The zero-order valence-corrected chi connectivity index (χ0v) is 13.1. The van der Waals surface area contributed by atoms with E-state index < -0.39 is 0 Å². The molecule has 2 aromatic rings. The average molecular weight is 352 g/mol. The third kappa shape index (κ3) is 3.19. The second-order valence-corrected chi connectivity index (χ2v) is 5.87. The third-order valence-electron chi connectivity index (χ3n) is 3.47. The van der Waals surface area contributed by atoms with Crippen LogP contribution in [0.15, 0.2) is 40.9 Å². The van der Waals surface area contributed by atoms with Crippen molar-refractivity contribution in [3.63, 3.8) is 0 Å². The van der Waals surface area contributed by atoms with Crippen molar-refractivity contribution in [1.29, 1.82) is 0 Å². The Morgan fingerprint density at radius 1 is 1.19 bits per heavy atom. The van der Waals surface area contributed by atoms with Crippen LogP contribution in [0.25, 0.3) is 0 Å². The van der Waals surface area contributed by atoms with Gasteiger partial charge < -0.3 is 14.8 Å². The average Bonchev–Trinajstić information content (AvgIpc) is 2.94. The Hall–Kier alpha value is -1.59. The Morgan fingerprint density at radius 3 is 2.86 bits per heavy atom. The van der Waals surface area contributed by atoms with Crippen molar-refractivity contribution in [2.75, 3.05) is 6.79 Å². The van der Waals surface area contributed by atoms with Crippen LogP contribution in [0.4, 0.5) is 4.39 Å². The SMILES string of the molecule is CC(NCc1ccc2c(c1)OCO2)c1cc(Br)ccc1F. The summed E-state index contributed by atoms with van der Waals surface area (Å²) < 4.78 is 25.3. The predicted molar refractivity (Wildman–Crippen MR) is 81.9 cm³/mol. The molecule has 0 radical (unpaired) electrons. The van der Waals surface area contributed by atoms with Crippen molar-refractivity contribution in [2.24, 2.45) is 0 Å². The smallest absolute Gasteiger partial charge is 0.231 e. The van der Waals surface area contributed by atoms with E-state index in [0.29, 0.717) is 12.1 Å². The summed E-state index contributed by atoms with van der Waals surface area (Å²) in [6.07, 6.45) is 0. The number of halogens is 2. The minimum absolute atomic E-state index is 0.0899. The maximum atomic E-state index is 13.8. The van der Waals surface area contributed by atoms with Gasteiger partial charge in [0.1, 0.15) is 5.82 Å². The van der Waals surface area contributed by atoms with Crippen LogP contribution in [0, 0.1) is 5.82 Å². The van der Waals surface area contributed by atoms with Crippen LogP contribution >= 0.6 is 15.9 Å². The molecule has 1 N–H and O–H groups in total. The predicted octanol–water partition coefficient (Wildman–Crippen LogP) is 4.17. The van der Waals surface area contributed by atoms with Gasteiger partial charge in [0, 0.05) is 22.6 Å². The first-order chi connectivity index (χ1) is 10.1. The van der Waals surface area contributed by atoms with Crippen molar-refractivity contribution in [2.45, 2.75) is 19.5 Å². The van der Waals surface area contributed by atoms with Gasteiger partial charge in [-0.1, -0.05) is 22.0 Å². The molecule has 3 nitrogen and oxygen atoms in total. The van der Waals surface area contributed by atoms with Crippen molar-refractivity contribution in [3.05, 3.63) is 57.8 Å². The Labute approximate surface area is 131 Å². The topological polar surface area (TPSA) is 30.5 Å². The van der Waals surface area contributed by atoms with E-state index in [1.807, 2.05) is 25.1 Å². The molecule has 3 rings (SSSR count). The van der Waals surface area contributed by atoms with E-state index >= 15 is 0 Å². The molecule has 0 spiro atoms. The molecule has 5 heteroatoms. The molecular weight excluding hydrogens is 337 g/mol. The lowest BCUT2D eigenvalue weighted by Crippen LogP contribution is -2.19. The number of benzene rings is 2. The Kier molecular flexibility index (Phi) is 4.12. The van der Waals surface area contributed by atoms with Crippen LogP contribution in [0.2, 0.25) is 0 Å². The van der Waals surface area contributed by atoms with E-state index in [2.05, 4.69) is 21.2 Å². The highest BCUT2D eigenvalue weighted by Gasteiger charge is 2.14. The Bertz CT molecular complexity index is 663. The maximum absolute atomic E-state index is 13.8. The molecule has 1 atom stereocenters. The van der Waals surface area contributed by atoms with Gasteiger partial charge in [-0.25, -0.2) is 4.39 Å². The van der Waals surface area contributed by atoms with Gasteiger partial charge in [0.15, 0.2) is 11.5 Å². The van der Waals surface area contributed by atoms with Gasteiger partial charge in [-0.15, -0.1) is 0 Å². The summed E-state index contributed by atoms with van der Waals surface area (Å²) in [5, 5.41) is 3.32. The van der Waals surface area contributed by atoms with Crippen LogP contribution in [-0.4, -0.2) is 6.79 Å². The number of ether oxygens (including phenoxy) is 2. The molecule has 0 saturated carbocycles. The molecule has 1 aliphatic heterocycles. The lowest BCUT2D eigenvalue weighted by molar-refractivity contribution is 0.174. The number of hydrogen-bond donors (Lipinski definition) is 1. The molecule has 2 aromatic carbocycles. The van der Waals surface area contributed by atoms with E-state index in [1.165, 1.54) is 6.07 Å². The molecule has 0 aromatic heterocycles. The zero-order chi connectivity index (χ0) is 14.8. The van der Waals surface area contributed by atoms with Crippen molar-refractivity contribution in [1.82, 2.24) is 5.32 Å². The summed E-state index contributed by atoms with van der Waals surface area (Å²) in [5.41, 5.74) is 1.71. The second-order valence-electron chi connectivity index (χ2n) is 4.96. The molecule has 1 unspecified atom stereocenters. The van der Waals surface area contributed by atoms with Crippen LogP contribution in [-0.2, 0) is 6.54 Å². The molecule has 0 fully saturated rings. The molecule has 0 saturated heterocycles. The number of fused-ring (bicyclic) bond motifs is 1. The minimum Gasteiger partial charge on any atom is -0.454 e.